The van der Waals surface area contributed by atoms with E-state index in [-0.39, 0.29) is 18.2 Å². The first-order chi connectivity index (χ1) is 13.0. The van der Waals surface area contributed by atoms with Crippen molar-refractivity contribution in [1.82, 2.24) is 10.2 Å². The van der Waals surface area contributed by atoms with Crippen molar-refractivity contribution in [2.75, 3.05) is 13.1 Å². The first-order valence-corrected chi connectivity index (χ1v) is 9.83. The smallest absolute Gasteiger partial charge is 0.224 e. The average molecular weight is 405 g/mol. The summed E-state index contributed by atoms with van der Waals surface area (Å²) in [6.45, 7) is 1.91. The Morgan fingerprint density at radius 1 is 1.07 bits per heavy atom. The highest BCUT2D eigenvalue weighted by molar-refractivity contribution is 6.35. The molecule has 1 N–H and O–H groups in total. The molecule has 1 aliphatic heterocycles. The predicted octanol–water partition coefficient (Wildman–Crippen LogP) is 4.02. The van der Waals surface area contributed by atoms with Crippen LogP contribution in [-0.2, 0) is 29.0 Å². The van der Waals surface area contributed by atoms with Crippen LogP contribution in [0.3, 0.4) is 0 Å². The van der Waals surface area contributed by atoms with Crippen molar-refractivity contribution >= 4 is 35.0 Å². The minimum absolute atomic E-state index is 0.112. The number of fused-ring (bicyclic) bond motifs is 1. The molecule has 0 bridgehead atoms. The average Bonchev–Trinajstić information content (AvgIpc) is 2.67. The maximum atomic E-state index is 12.4. The lowest BCUT2D eigenvalue weighted by Gasteiger charge is -2.29. The van der Waals surface area contributed by atoms with Crippen molar-refractivity contribution in [2.45, 2.75) is 32.2 Å². The highest BCUT2D eigenvalue weighted by Gasteiger charge is 2.19. The third kappa shape index (κ3) is 5.47. The quantitative estimate of drug-likeness (QED) is 0.739. The Morgan fingerprint density at radius 2 is 1.85 bits per heavy atom. The molecule has 142 valence electrons. The number of amides is 2. The number of hydrogen-bond acceptors (Lipinski definition) is 2. The van der Waals surface area contributed by atoms with Crippen molar-refractivity contribution < 1.29 is 9.59 Å². The zero-order chi connectivity index (χ0) is 19.2. The van der Waals surface area contributed by atoms with Crippen molar-refractivity contribution in [3.63, 3.8) is 0 Å². The summed E-state index contributed by atoms with van der Waals surface area (Å²) < 4.78 is 0. The largest absolute Gasteiger partial charge is 0.356 e. The summed E-state index contributed by atoms with van der Waals surface area (Å²) in [7, 11) is 0. The first-order valence-electron chi connectivity index (χ1n) is 9.08. The van der Waals surface area contributed by atoms with E-state index in [0.29, 0.717) is 36.0 Å². The molecule has 0 radical (unpaired) electrons. The van der Waals surface area contributed by atoms with Gasteiger partial charge in [-0.15, -0.1) is 0 Å². The maximum Gasteiger partial charge on any atom is 0.224 e. The van der Waals surface area contributed by atoms with Crippen LogP contribution in [0.4, 0.5) is 0 Å². The molecule has 0 unspecified atom stereocenters. The van der Waals surface area contributed by atoms with Gasteiger partial charge >= 0.3 is 0 Å². The van der Waals surface area contributed by atoms with Crippen molar-refractivity contribution in [3.05, 3.63) is 69.2 Å². The van der Waals surface area contributed by atoms with Gasteiger partial charge in [0.05, 0.1) is 6.42 Å². The molecule has 0 aromatic heterocycles. The van der Waals surface area contributed by atoms with Crippen molar-refractivity contribution in [1.29, 1.82) is 0 Å². The van der Waals surface area contributed by atoms with E-state index in [2.05, 4.69) is 17.4 Å². The summed E-state index contributed by atoms with van der Waals surface area (Å²) in [6, 6.07) is 13.3. The van der Waals surface area contributed by atoms with Crippen LogP contribution in [-0.4, -0.2) is 29.8 Å². The lowest BCUT2D eigenvalue weighted by atomic mass is 9.99. The fraction of sp³-hybridized carbons (Fsp3) is 0.333. The monoisotopic (exact) mass is 404 g/mol. The van der Waals surface area contributed by atoms with Crippen LogP contribution in [0.1, 0.15) is 29.5 Å². The molecule has 0 saturated heterocycles. The Balaban J connectivity index is 1.38. The number of nitrogens with zero attached hydrogens (tertiary/aromatic N) is 1. The van der Waals surface area contributed by atoms with E-state index in [4.69, 9.17) is 23.2 Å². The molecular weight excluding hydrogens is 383 g/mol. The third-order valence-electron chi connectivity index (χ3n) is 4.74. The zero-order valence-electron chi connectivity index (χ0n) is 15.0. The molecule has 0 saturated carbocycles. The summed E-state index contributed by atoms with van der Waals surface area (Å²) in [5.41, 5.74) is 3.29. The van der Waals surface area contributed by atoms with Gasteiger partial charge in [0.2, 0.25) is 11.8 Å². The number of hydrogen-bond donors (Lipinski definition) is 1. The molecule has 2 aromatic carbocycles. The highest BCUT2D eigenvalue weighted by atomic mass is 35.5. The minimum Gasteiger partial charge on any atom is -0.356 e. The topological polar surface area (TPSA) is 49.4 Å². The summed E-state index contributed by atoms with van der Waals surface area (Å²) >= 11 is 11.9. The van der Waals surface area contributed by atoms with Crippen LogP contribution in [0.5, 0.6) is 0 Å². The molecule has 6 heteroatoms. The Bertz CT molecular complexity index is 839. The van der Waals surface area contributed by atoms with Gasteiger partial charge in [-0.1, -0.05) is 53.5 Å². The van der Waals surface area contributed by atoms with E-state index in [1.807, 2.05) is 17.0 Å². The van der Waals surface area contributed by atoms with Gasteiger partial charge in [-0.3, -0.25) is 9.59 Å². The van der Waals surface area contributed by atoms with Crippen LogP contribution in [0.15, 0.2) is 42.5 Å². The molecule has 1 aliphatic rings. The maximum absolute atomic E-state index is 12.4. The molecule has 0 spiro atoms. The van der Waals surface area contributed by atoms with E-state index in [1.165, 1.54) is 11.1 Å². The number of nitrogens with one attached hydrogen (secondary N) is 1. The van der Waals surface area contributed by atoms with E-state index >= 15 is 0 Å². The van der Waals surface area contributed by atoms with Crippen molar-refractivity contribution in [3.8, 4) is 0 Å². The van der Waals surface area contributed by atoms with E-state index in [1.54, 1.807) is 18.2 Å². The minimum atomic E-state index is -0.112. The first kappa shape index (κ1) is 19.7. The molecule has 0 aliphatic carbocycles. The van der Waals surface area contributed by atoms with Gasteiger partial charge in [-0.05, 0) is 41.7 Å². The van der Waals surface area contributed by atoms with E-state index in [0.717, 1.165) is 18.5 Å². The second kappa shape index (κ2) is 9.25. The van der Waals surface area contributed by atoms with Crippen molar-refractivity contribution in [2.24, 2.45) is 0 Å². The Kier molecular flexibility index (Phi) is 6.75. The molecular formula is C21H22Cl2N2O2. The Morgan fingerprint density at radius 3 is 2.63 bits per heavy atom. The summed E-state index contributed by atoms with van der Waals surface area (Å²) in [5, 5.41) is 3.87. The van der Waals surface area contributed by atoms with Gasteiger partial charge in [-0.2, -0.15) is 0 Å². The van der Waals surface area contributed by atoms with E-state index in [9.17, 15) is 9.59 Å². The lowest BCUT2D eigenvalue weighted by Crippen LogP contribution is -2.36. The SMILES string of the molecule is O=C(Cc1ccc(Cl)cc1Cl)NCCCC(=O)N1CCc2ccccc2C1. The Hall–Kier alpha value is -2.04. The number of carbonyl (C=O) groups is 2. The fourth-order valence-corrected chi connectivity index (χ4v) is 3.71. The summed E-state index contributed by atoms with van der Waals surface area (Å²) in [6.07, 6.45) is 2.16. The van der Waals surface area contributed by atoms with Gasteiger partial charge in [0.1, 0.15) is 0 Å². The number of benzene rings is 2. The lowest BCUT2D eigenvalue weighted by molar-refractivity contribution is -0.132. The van der Waals surface area contributed by atoms with Gasteiger partial charge < -0.3 is 10.2 Å². The number of halogens is 2. The van der Waals surface area contributed by atoms with Crippen LogP contribution in [0, 0.1) is 0 Å². The second-order valence-electron chi connectivity index (χ2n) is 6.70. The summed E-state index contributed by atoms with van der Waals surface area (Å²) in [4.78, 5) is 26.3. The molecule has 4 nitrogen and oxygen atoms in total. The molecule has 3 rings (SSSR count). The van der Waals surface area contributed by atoms with Gasteiger partial charge in [0, 0.05) is 36.1 Å². The molecule has 2 aromatic rings. The van der Waals surface area contributed by atoms with Crippen LogP contribution in [0.25, 0.3) is 0 Å². The number of rotatable bonds is 6. The zero-order valence-corrected chi connectivity index (χ0v) is 16.5. The standard InChI is InChI=1S/C21H22Cl2N2O2/c22-18-8-7-16(19(23)13-18)12-20(26)24-10-3-6-21(27)25-11-9-15-4-1-2-5-17(15)14-25/h1-2,4-5,7-8,13H,3,6,9-12,14H2,(H,24,26). The Labute approximate surface area is 169 Å². The number of carbonyl (C=O) groups excluding carboxylic acids is 2. The second-order valence-corrected chi connectivity index (χ2v) is 7.54. The van der Waals surface area contributed by atoms with E-state index < -0.39 is 0 Å². The van der Waals surface area contributed by atoms with Gasteiger partial charge in [-0.25, -0.2) is 0 Å². The molecule has 0 atom stereocenters. The van der Waals surface area contributed by atoms with Gasteiger partial charge in [0.15, 0.2) is 0 Å². The molecule has 2 amide bonds. The normalized spacial score (nSPS) is 13.2. The van der Waals surface area contributed by atoms with Crippen LogP contribution < -0.4 is 5.32 Å². The van der Waals surface area contributed by atoms with Gasteiger partial charge in [0.25, 0.3) is 0 Å². The third-order valence-corrected chi connectivity index (χ3v) is 5.33. The molecule has 1 heterocycles. The molecule has 27 heavy (non-hydrogen) atoms. The molecule has 0 fully saturated rings. The predicted molar refractivity (Wildman–Crippen MR) is 108 cm³/mol. The van der Waals surface area contributed by atoms with Crippen LogP contribution >= 0.6 is 23.2 Å². The van der Waals surface area contributed by atoms with Crippen LogP contribution in [0.2, 0.25) is 10.0 Å². The fourth-order valence-electron chi connectivity index (χ4n) is 3.23. The summed E-state index contributed by atoms with van der Waals surface area (Å²) in [5.74, 6) is 0.0260. The highest BCUT2D eigenvalue weighted by Crippen LogP contribution is 2.21.